The number of alkyl halides is 3. The van der Waals surface area contributed by atoms with E-state index in [-0.39, 0.29) is 11.6 Å². The van der Waals surface area contributed by atoms with Crippen molar-refractivity contribution in [2.24, 2.45) is 0 Å². The molecule has 2 aliphatic rings. The second kappa shape index (κ2) is 12.0. The van der Waals surface area contributed by atoms with E-state index in [4.69, 9.17) is 4.74 Å². The smallest absolute Gasteiger partial charge is 0.416 e. The first-order chi connectivity index (χ1) is 19.7. The fourth-order valence-electron chi connectivity index (χ4n) is 5.27. The van der Waals surface area contributed by atoms with Crippen LogP contribution in [-0.2, 0) is 6.18 Å². The number of para-hydroxylation sites is 2. The highest BCUT2D eigenvalue weighted by Crippen LogP contribution is 2.32. The predicted molar refractivity (Wildman–Crippen MR) is 153 cm³/mol. The number of likely N-dealkylation sites (tertiary alicyclic amines) is 1. The number of ether oxygens (including phenoxy) is 1. The fourth-order valence-corrected chi connectivity index (χ4v) is 5.27. The van der Waals surface area contributed by atoms with Crippen molar-refractivity contribution in [3.8, 4) is 5.75 Å². The predicted octanol–water partition coefficient (Wildman–Crippen LogP) is 5.92. The van der Waals surface area contributed by atoms with Gasteiger partial charge in [-0.2, -0.15) is 13.2 Å². The summed E-state index contributed by atoms with van der Waals surface area (Å²) in [5, 5.41) is 5.25. The van der Waals surface area contributed by atoms with E-state index < -0.39 is 17.8 Å². The molecule has 0 saturated carbocycles. The Labute approximate surface area is 236 Å². The highest BCUT2D eigenvalue weighted by molar-refractivity contribution is 6.04. The zero-order valence-electron chi connectivity index (χ0n) is 22.7. The lowest BCUT2D eigenvalue weighted by Crippen LogP contribution is -2.47. The average Bonchev–Trinajstić information content (AvgIpc) is 3.52. The first-order valence-corrected chi connectivity index (χ1v) is 13.5. The molecule has 2 aliphatic heterocycles. The van der Waals surface area contributed by atoms with Crippen molar-refractivity contribution < 1.29 is 27.5 Å². The maximum absolute atomic E-state index is 13.6. The van der Waals surface area contributed by atoms with Gasteiger partial charge in [-0.15, -0.1) is 0 Å². The van der Waals surface area contributed by atoms with Crippen LogP contribution < -0.4 is 25.2 Å². The van der Waals surface area contributed by atoms with Gasteiger partial charge in [0.1, 0.15) is 5.75 Å². The van der Waals surface area contributed by atoms with Crippen LogP contribution in [0.1, 0.15) is 28.8 Å². The third-order valence-corrected chi connectivity index (χ3v) is 7.39. The fraction of sp³-hybridized carbons (Fsp3) is 0.333. The number of anilines is 4. The standard InChI is InChI=1S/C30H32F3N5O3/c1-41-27-7-3-2-6-26(27)37-18-16-36(17-19-37)25-13-12-23(20-24(25)28(39)38-14-4-5-15-38)35-29(40)34-22-10-8-21(9-11-22)30(31,32)33/h2-3,6-13,20H,4-5,14-19H2,1H3,(H2,34,35,40). The molecule has 2 fully saturated rings. The Balaban J connectivity index is 1.31. The largest absolute Gasteiger partial charge is 0.495 e. The Hall–Kier alpha value is -4.41. The van der Waals surface area contributed by atoms with Crippen LogP contribution in [-0.4, -0.2) is 63.2 Å². The lowest BCUT2D eigenvalue weighted by molar-refractivity contribution is -0.137. The second-order valence-corrected chi connectivity index (χ2v) is 10.0. The zero-order chi connectivity index (χ0) is 29.0. The first-order valence-electron chi connectivity index (χ1n) is 13.5. The monoisotopic (exact) mass is 567 g/mol. The Morgan fingerprint density at radius 3 is 1.98 bits per heavy atom. The Morgan fingerprint density at radius 2 is 1.34 bits per heavy atom. The number of nitrogens with one attached hydrogen (secondary N) is 2. The molecule has 3 amide bonds. The van der Waals surface area contributed by atoms with Gasteiger partial charge in [-0.1, -0.05) is 12.1 Å². The molecule has 0 atom stereocenters. The van der Waals surface area contributed by atoms with Crippen molar-refractivity contribution in [2.45, 2.75) is 19.0 Å². The molecule has 0 unspecified atom stereocenters. The number of halogens is 3. The second-order valence-electron chi connectivity index (χ2n) is 10.0. The Kier molecular flexibility index (Phi) is 8.23. The lowest BCUT2D eigenvalue weighted by Gasteiger charge is -2.38. The number of nitrogens with zero attached hydrogens (tertiary/aromatic N) is 3. The number of methoxy groups -OCH3 is 1. The molecule has 11 heteroatoms. The van der Waals surface area contributed by atoms with Crippen molar-refractivity contribution in [3.05, 3.63) is 77.9 Å². The van der Waals surface area contributed by atoms with Gasteiger partial charge in [0, 0.05) is 56.3 Å². The number of rotatable bonds is 6. The van der Waals surface area contributed by atoms with Gasteiger partial charge in [0.05, 0.1) is 23.9 Å². The van der Waals surface area contributed by atoms with Crippen molar-refractivity contribution in [1.29, 1.82) is 0 Å². The van der Waals surface area contributed by atoms with Crippen molar-refractivity contribution in [1.82, 2.24) is 4.90 Å². The summed E-state index contributed by atoms with van der Waals surface area (Å²) in [6.07, 6.45) is -2.56. The number of piperazine rings is 1. The average molecular weight is 568 g/mol. The van der Waals surface area contributed by atoms with Crippen LogP contribution in [0, 0.1) is 0 Å². The van der Waals surface area contributed by atoms with Gasteiger partial charge in [-0.05, 0) is 67.4 Å². The number of hydrogen-bond donors (Lipinski definition) is 2. The molecule has 0 aromatic heterocycles. The number of benzene rings is 3. The lowest BCUT2D eigenvalue weighted by atomic mass is 10.1. The van der Waals surface area contributed by atoms with E-state index >= 15 is 0 Å². The summed E-state index contributed by atoms with van der Waals surface area (Å²) < 4.78 is 44.0. The molecule has 41 heavy (non-hydrogen) atoms. The summed E-state index contributed by atoms with van der Waals surface area (Å²) in [5.41, 5.74) is 2.16. The molecule has 2 heterocycles. The van der Waals surface area contributed by atoms with Crippen LogP contribution >= 0.6 is 0 Å². The van der Waals surface area contributed by atoms with Gasteiger partial charge in [-0.25, -0.2) is 4.79 Å². The molecule has 0 spiro atoms. The van der Waals surface area contributed by atoms with Crippen LogP contribution in [0.3, 0.4) is 0 Å². The number of carbonyl (C=O) groups is 2. The minimum absolute atomic E-state index is 0.0866. The number of hydrogen-bond acceptors (Lipinski definition) is 5. The third-order valence-electron chi connectivity index (χ3n) is 7.39. The molecule has 8 nitrogen and oxygen atoms in total. The summed E-state index contributed by atoms with van der Waals surface area (Å²) in [5.74, 6) is 0.729. The molecule has 2 saturated heterocycles. The maximum atomic E-state index is 13.6. The molecular formula is C30H32F3N5O3. The van der Waals surface area contributed by atoms with Crippen molar-refractivity contribution >= 4 is 34.7 Å². The minimum atomic E-state index is -4.46. The molecule has 2 N–H and O–H groups in total. The highest BCUT2D eigenvalue weighted by Gasteiger charge is 2.30. The molecule has 3 aromatic rings. The van der Waals surface area contributed by atoms with Gasteiger partial charge in [0.25, 0.3) is 5.91 Å². The van der Waals surface area contributed by atoms with E-state index in [2.05, 4.69) is 20.4 Å². The van der Waals surface area contributed by atoms with Gasteiger partial charge in [-0.3, -0.25) is 4.79 Å². The van der Waals surface area contributed by atoms with Crippen molar-refractivity contribution in [2.75, 3.05) is 66.8 Å². The van der Waals surface area contributed by atoms with Gasteiger partial charge in [0.15, 0.2) is 0 Å². The topological polar surface area (TPSA) is 77.1 Å². The van der Waals surface area contributed by atoms with E-state index in [1.165, 1.54) is 12.1 Å². The van der Waals surface area contributed by atoms with E-state index in [1.54, 1.807) is 19.2 Å². The van der Waals surface area contributed by atoms with E-state index in [9.17, 15) is 22.8 Å². The van der Waals surface area contributed by atoms with Crippen LogP contribution in [0.5, 0.6) is 5.75 Å². The van der Waals surface area contributed by atoms with E-state index in [1.807, 2.05) is 35.2 Å². The summed E-state index contributed by atoms with van der Waals surface area (Å²) in [6, 6.07) is 16.7. The van der Waals surface area contributed by atoms with Gasteiger partial charge >= 0.3 is 12.2 Å². The number of urea groups is 1. The third kappa shape index (κ3) is 6.50. The first kappa shape index (κ1) is 28.1. The van der Waals surface area contributed by atoms with Gasteiger partial charge in [0.2, 0.25) is 0 Å². The van der Waals surface area contributed by atoms with E-state index in [0.29, 0.717) is 37.4 Å². The quantitative estimate of drug-likeness (QED) is 0.387. The molecule has 3 aromatic carbocycles. The van der Waals surface area contributed by atoms with Crippen molar-refractivity contribution in [3.63, 3.8) is 0 Å². The number of amides is 3. The zero-order valence-corrected chi connectivity index (χ0v) is 22.7. The SMILES string of the molecule is COc1ccccc1N1CCN(c2ccc(NC(=O)Nc3ccc(C(F)(F)F)cc3)cc2C(=O)N2CCCC2)CC1. The van der Waals surface area contributed by atoms with E-state index in [0.717, 1.165) is 55.2 Å². The summed E-state index contributed by atoms with van der Waals surface area (Å²) >= 11 is 0. The van der Waals surface area contributed by atoms with Crippen LogP contribution in [0.25, 0.3) is 0 Å². The summed E-state index contributed by atoms with van der Waals surface area (Å²) in [7, 11) is 1.66. The summed E-state index contributed by atoms with van der Waals surface area (Å²) in [6.45, 7) is 4.25. The highest BCUT2D eigenvalue weighted by atomic mass is 19.4. The molecule has 5 rings (SSSR count). The Morgan fingerprint density at radius 1 is 0.756 bits per heavy atom. The molecule has 0 radical (unpaired) electrons. The molecule has 216 valence electrons. The molecule has 0 aliphatic carbocycles. The van der Waals surface area contributed by atoms with Crippen LogP contribution in [0.4, 0.5) is 40.7 Å². The number of carbonyl (C=O) groups excluding carboxylic acids is 2. The summed E-state index contributed by atoms with van der Waals surface area (Å²) in [4.78, 5) is 32.5. The Bertz CT molecular complexity index is 1380. The maximum Gasteiger partial charge on any atom is 0.416 e. The van der Waals surface area contributed by atoms with Crippen LogP contribution in [0.15, 0.2) is 66.7 Å². The normalized spacial score (nSPS) is 15.6. The van der Waals surface area contributed by atoms with Gasteiger partial charge < -0.3 is 30.1 Å². The van der Waals surface area contributed by atoms with Crippen LogP contribution in [0.2, 0.25) is 0 Å². The molecule has 0 bridgehead atoms. The minimum Gasteiger partial charge on any atom is -0.495 e. The molecular weight excluding hydrogens is 535 g/mol.